The summed E-state index contributed by atoms with van der Waals surface area (Å²) in [6.07, 6.45) is 1.88. The summed E-state index contributed by atoms with van der Waals surface area (Å²) in [4.78, 5) is 0.270. The maximum absolute atomic E-state index is 12.6. The minimum atomic E-state index is -3.68. The summed E-state index contributed by atoms with van der Waals surface area (Å²) in [6, 6.07) is 3.65. The van der Waals surface area contributed by atoms with Crippen LogP contribution < -0.4 is 4.72 Å². The molecule has 8 heteroatoms. The third kappa shape index (κ3) is 6.69. The fourth-order valence-corrected chi connectivity index (χ4v) is 5.14. The Morgan fingerprint density at radius 1 is 1.00 bits per heavy atom. The topological polar surface area (TPSA) is 83.6 Å². The van der Waals surface area contributed by atoms with Gasteiger partial charge in [0.25, 0.3) is 0 Å². The Bertz CT molecular complexity index is 777. The van der Waals surface area contributed by atoms with E-state index in [2.05, 4.69) is 4.72 Å². The summed E-state index contributed by atoms with van der Waals surface area (Å²) < 4.78 is 52.8. The average Bonchev–Trinajstić information content (AvgIpc) is 2.39. The largest absolute Gasteiger partial charge is 0.241 e. The Labute approximate surface area is 152 Å². The van der Waals surface area contributed by atoms with Crippen molar-refractivity contribution in [3.63, 3.8) is 0 Å². The van der Waals surface area contributed by atoms with E-state index in [4.69, 9.17) is 0 Å². The van der Waals surface area contributed by atoms with Crippen molar-refractivity contribution >= 4 is 20.0 Å². The molecule has 0 bridgehead atoms. The van der Waals surface area contributed by atoms with E-state index >= 15 is 0 Å². The normalized spacial score (nSPS) is 13.0. The molecular weight excluding hydrogens is 360 g/mol. The highest BCUT2D eigenvalue weighted by Gasteiger charge is 2.21. The lowest BCUT2D eigenvalue weighted by atomic mass is 10.1. The van der Waals surface area contributed by atoms with Crippen molar-refractivity contribution in [2.24, 2.45) is 5.92 Å². The van der Waals surface area contributed by atoms with Crippen LogP contribution in [0.25, 0.3) is 0 Å². The number of benzene rings is 1. The van der Waals surface area contributed by atoms with Gasteiger partial charge in [-0.05, 0) is 44.2 Å². The predicted octanol–water partition coefficient (Wildman–Crippen LogP) is 2.20. The molecule has 1 N–H and O–H groups in total. The van der Waals surface area contributed by atoms with Crippen molar-refractivity contribution in [3.05, 3.63) is 28.8 Å². The van der Waals surface area contributed by atoms with Crippen molar-refractivity contribution < 1.29 is 16.8 Å². The van der Waals surface area contributed by atoms with Crippen molar-refractivity contribution in [3.8, 4) is 0 Å². The van der Waals surface area contributed by atoms with Crippen LogP contribution in [0.3, 0.4) is 0 Å². The minimum Gasteiger partial charge on any atom is -0.213 e. The van der Waals surface area contributed by atoms with Crippen molar-refractivity contribution in [2.45, 2.75) is 45.9 Å². The van der Waals surface area contributed by atoms with Gasteiger partial charge in [0.2, 0.25) is 20.0 Å². The molecule has 0 fully saturated rings. The molecule has 1 rings (SSSR count). The molecule has 0 spiro atoms. The van der Waals surface area contributed by atoms with Gasteiger partial charge < -0.3 is 0 Å². The molecule has 0 aliphatic heterocycles. The van der Waals surface area contributed by atoms with Crippen LogP contribution in [0, 0.1) is 26.7 Å². The standard InChI is InChI=1S/C17H30N2O4S2/c1-13(2)7-9-19(24(6,20)21)10-8-18-25(22,23)17-15(4)11-14(3)12-16(17)5/h11-13,18H,7-10H2,1-6H3. The van der Waals surface area contributed by atoms with Gasteiger partial charge in [-0.2, -0.15) is 0 Å². The molecule has 6 nitrogen and oxygen atoms in total. The molecule has 0 saturated carbocycles. The van der Waals surface area contributed by atoms with E-state index in [-0.39, 0.29) is 18.0 Å². The smallest absolute Gasteiger partial charge is 0.213 e. The molecular formula is C17H30N2O4S2. The molecule has 0 atom stereocenters. The Morgan fingerprint density at radius 2 is 1.52 bits per heavy atom. The van der Waals surface area contributed by atoms with Crippen LogP contribution in [0.15, 0.2) is 17.0 Å². The zero-order chi connectivity index (χ0) is 19.4. The molecule has 0 radical (unpaired) electrons. The number of hydrogen-bond acceptors (Lipinski definition) is 4. The van der Waals surface area contributed by atoms with Gasteiger partial charge in [-0.3, -0.25) is 0 Å². The molecule has 0 heterocycles. The van der Waals surface area contributed by atoms with Gasteiger partial charge >= 0.3 is 0 Å². The fourth-order valence-electron chi connectivity index (χ4n) is 2.81. The summed E-state index contributed by atoms with van der Waals surface area (Å²) in [5, 5.41) is 0. The van der Waals surface area contributed by atoms with E-state index in [0.29, 0.717) is 23.6 Å². The fraction of sp³-hybridized carbons (Fsp3) is 0.647. The van der Waals surface area contributed by atoms with Crippen LogP contribution in [-0.2, 0) is 20.0 Å². The number of nitrogens with one attached hydrogen (secondary N) is 1. The maximum Gasteiger partial charge on any atom is 0.241 e. The van der Waals surface area contributed by atoms with Crippen LogP contribution in [0.5, 0.6) is 0 Å². The number of rotatable bonds is 9. The van der Waals surface area contributed by atoms with Gasteiger partial charge in [0, 0.05) is 19.6 Å². The summed E-state index contributed by atoms with van der Waals surface area (Å²) in [5.41, 5.74) is 2.38. The molecule has 0 amide bonds. The molecule has 0 unspecified atom stereocenters. The Kier molecular flexibility index (Phi) is 7.61. The monoisotopic (exact) mass is 390 g/mol. The Balaban J connectivity index is 2.85. The van der Waals surface area contributed by atoms with E-state index < -0.39 is 20.0 Å². The predicted molar refractivity (Wildman–Crippen MR) is 102 cm³/mol. The minimum absolute atomic E-state index is 0.0419. The molecule has 144 valence electrons. The first-order valence-corrected chi connectivity index (χ1v) is 11.7. The number of aryl methyl sites for hydroxylation is 3. The Morgan fingerprint density at radius 3 is 1.96 bits per heavy atom. The maximum atomic E-state index is 12.6. The molecule has 0 aliphatic rings. The van der Waals surface area contributed by atoms with E-state index in [1.54, 1.807) is 13.8 Å². The molecule has 1 aromatic carbocycles. The first-order valence-electron chi connectivity index (χ1n) is 8.37. The van der Waals surface area contributed by atoms with E-state index in [0.717, 1.165) is 18.2 Å². The zero-order valence-corrected chi connectivity index (χ0v) is 17.6. The lowest BCUT2D eigenvalue weighted by molar-refractivity contribution is 0.385. The van der Waals surface area contributed by atoms with Gasteiger partial charge in [-0.1, -0.05) is 31.5 Å². The first kappa shape index (κ1) is 22.1. The van der Waals surface area contributed by atoms with Crippen LogP contribution in [0.1, 0.15) is 37.0 Å². The lowest BCUT2D eigenvalue weighted by Crippen LogP contribution is -2.39. The number of hydrogen-bond donors (Lipinski definition) is 1. The Hall–Kier alpha value is -0.960. The SMILES string of the molecule is Cc1cc(C)c(S(=O)(=O)NCCN(CCC(C)C)S(C)(=O)=O)c(C)c1. The van der Waals surface area contributed by atoms with Gasteiger partial charge in [0.15, 0.2) is 0 Å². The van der Waals surface area contributed by atoms with Crippen molar-refractivity contribution in [2.75, 3.05) is 25.9 Å². The van der Waals surface area contributed by atoms with Crippen LogP contribution >= 0.6 is 0 Å². The van der Waals surface area contributed by atoms with Crippen LogP contribution in [0.4, 0.5) is 0 Å². The second-order valence-corrected chi connectivity index (χ2v) is 10.7. The molecule has 1 aromatic rings. The summed E-state index contributed by atoms with van der Waals surface area (Å²) in [5.74, 6) is 0.374. The highest BCUT2D eigenvalue weighted by atomic mass is 32.2. The van der Waals surface area contributed by atoms with Crippen LogP contribution in [-0.4, -0.2) is 47.0 Å². The first-order chi connectivity index (χ1) is 11.3. The average molecular weight is 391 g/mol. The van der Waals surface area contributed by atoms with Gasteiger partial charge in [0.05, 0.1) is 11.2 Å². The number of nitrogens with zero attached hydrogens (tertiary/aromatic N) is 1. The van der Waals surface area contributed by atoms with Gasteiger partial charge in [-0.15, -0.1) is 0 Å². The molecule has 0 aromatic heterocycles. The summed E-state index contributed by atoms with van der Waals surface area (Å²) >= 11 is 0. The number of sulfonamides is 2. The molecule has 25 heavy (non-hydrogen) atoms. The summed E-state index contributed by atoms with van der Waals surface area (Å²) in [6.45, 7) is 10.0. The third-order valence-corrected chi connectivity index (χ3v) is 7.02. The second kappa shape index (κ2) is 8.62. The van der Waals surface area contributed by atoms with Gasteiger partial charge in [0.1, 0.15) is 0 Å². The highest BCUT2D eigenvalue weighted by Crippen LogP contribution is 2.21. The lowest BCUT2D eigenvalue weighted by Gasteiger charge is -2.21. The molecule has 0 saturated heterocycles. The van der Waals surface area contributed by atoms with Crippen LogP contribution in [0.2, 0.25) is 0 Å². The second-order valence-electron chi connectivity index (χ2n) is 6.97. The van der Waals surface area contributed by atoms with Crippen molar-refractivity contribution in [1.29, 1.82) is 0 Å². The van der Waals surface area contributed by atoms with Crippen molar-refractivity contribution in [1.82, 2.24) is 9.03 Å². The quantitative estimate of drug-likeness (QED) is 0.701. The molecule has 0 aliphatic carbocycles. The highest BCUT2D eigenvalue weighted by molar-refractivity contribution is 7.89. The van der Waals surface area contributed by atoms with Gasteiger partial charge in [-0.25, -0.2) is 25.9 Å². The summed E-state index contributed by atoms with van der Waals surface area (Å²) in [7, 11) is -7.05. The van der Waals surface area contributed by atoms with E-state index in [9.17, 15) is 16.8 Å². The zero-order valence-electron chi connectivity index (χ0n) is 16.0. The van der Waals surface area contributed by atoms with E-state index in [1.165, 1.54) is 4.31 Å². The van der Waals surface area contributed by atoms with E-state index in [1.807, 2.05) is 32.9 Å². The third-order valence-electron chi connectivity index (χ3n) is 3.95.